The molecule has 1 radical (unpaired) electrons. The molecule has 1 saturated heterocycles. The SMILES string of the molecule is [CH2]C(c1ncn2c1C[C@@H](F)C2)n1cc2c(Cl)cc(-c3ccc(N4CCOCC4)cc3)c(Cl)c2n1. The molecule has 0 saturated carbocycles. The first-order valence-electron chi connectivity index (χ1n) is 11.3. The number of ether oxygens (including phenoxy) is 1. The number of imidazole rings is 1. The van der Waals surface area contributed by atoms with Gasteiger partial charge in [-0.2, -0.15) is 5.10 Å². The van der Waals surface area contributed by atoms with Crippen molar-refractivity contribution in [2.45, 2.75) is 25.2 Å². The van der Waals surface area contributed by atoms with Crippen molar-refractivity contribution in [2.24, 2.45) is 0 Å². The number of hydrogen-bond donors (Lipinski definition) is 0. The number of aromatic nitrogens is 4. The van der Waals surface area contributed by atoms with Crippen molar-refractivity contribution in [2.75, 3.05) is 31.2 Å². The minimum Gasteiger partial charge on any atom is -0.378 e. The number of morpholine rings is 1. The first-order chi connectivity index (χ1) is 16.5. The van der Waals surface area contributed by atoms with E-state index in [-0.39, 0.29) is 0 Å². The highest BCUT2D eigenvalue weighted by Gasteiger charge is 2.28. The summed E-state index contributed by atoms with van der Waals surface area (Å²) in [7, 11) is 0. The molecular formula is C25H23Cl2FN5O. The van der Waals surface area contributed by atoms with Crippen molar-refractivity contribution in [3.05, 3.63) is 71.2 Å². The molecule has 2 aromatic heterocycles. The predicted octanol–water partition coefficient (Wildman–Crippen LogP) is 5.36. The van der Waals surface area contributed by atoms with E-state index in [4.69, 9.17) is 33.0 Å². The minimum absolute atomic E-state index is 0.335. The van der Waals surface area contributed by atoms with Crippen LogP contribution in [0.2, 0.25) is 10.0 Å². The lowest BCUT2D eigenvalue weighted by atomic mass is 10.0. The zero-order valence-electron chi connectivity index (χ0n) is 18.4. The lowest BCUT2D eigenvalue weighted by molar-refractivity contribution is 0.122. The third-order valence-electron chi connectivity index (χ3n) is 6.68. The van der Waals surface area contributed by atoms with Crippen molar-refractivity contribution in [1.29, 1.82) is 0 Å². The molecule has 0 N–H and O–H groups in total. The molecule has 0 bridgehead atoms. The second-order valence-electron chi connectivity index (χ2n) is 8.78. The Hall–Kier alpha value is -2.61. The summed E-state index contributed by atoms with van der Waals surface area (Å²) in [5.41, 5.74) is 5.13. The molecule has 0 aliphatic carbocycles. The molecule has 4 heterocycles. The van der Waals surface area contributed by atoms with E-state index in [9.17, 15) is 4.39 Å². The van der Waals surface area contributed by atoms with Crippen LogP contribution < -0.4 is 4.90 Å². The Kier molecular flexibility index (Phi) is 5.51. The molecule has 1 fully saturated rings. The fraction of sp³-hybridized carbons (Fsp3) is 0.320. The van der Waals surface area contributed by atoms with Crippen LogP contribution in [-0.2, 0) is 17.7 Å². The zero-order valence-corrected chi connectivity index (χ0v) is 19.9. The first-order valence-corrected chi connectivity index (χ1v) is 12.1. The van der Waals surface area contributed by atoms with Crippen LogP contribution >= 0.6 is 23.2 Å². The van der Waals surface area contributed by atoms with Gasteiger partial charge in [0.05, 0.1) is 47.9 Å². The summed E-state index contributed by atoms with van der Waals surface area (Å²) in [4.78, 5) is 6.78. The fourth-order valence-corrected chi connectivity index (χ4v) is 5.41. The monoisotopic (exact) mass is 498 g/mol. The van der Waals surface area contributed by atoms with Crippen molar-refractivity contribution in [3.8, 4) is 11.1 Å². The topological polar surface area (TPSA) is 48.1 Å². The second-order valence-corrected chi connectivity index (χ2v) is 9.57. The molecule has 175 valence electrons. The molecule has 6 rings (SSSR count). The molecule has 9 heteroatoms. The summed E-state index contributed by atoms with van der Waals surface area (Å²) >= 11 is 13.5. The van der Waals surface area contributed by atoms with E-state index in [1.165, 1.54) is 0 Å². The van der Waals surface area contributed by atoms with E-state index >= 15 is 0 Å². The average molecular weight is 499 g/mol. The van der Waals surface area contributed by atoms with Crippen LogP contribution in [0.1, 0.15) is 17.4 Å². The van der Waals surface area contributed by atoms with Gasteiger partial charge in [0.25, 0.3) is 0 Å². The highest BCUT2D eigenvalue weighted by atomic mass is 35.5. The van der Waals surface area contributed by atoms with Crippen LogP contribution in [0.4, 0.5) is 10.1 Å². The van der Waals surface area contributed by atoms with Gasteiger partial charge in [-0.25, -0.2) is 9.37 Å². The number of halogens is 3. The smallest absolute Gasteiger partial charge is 0.123 e. The van der Waals surface area contributed by atoms with E-state index < -0.39 is 12.2 Å². The van der Waals surface area contributed by atoms with Gasteiger partial charge in [-0.15, -0.1) is 0 Å². The van der Waals surface area contributed by atoms with Crippen molar-refractivity contribution >= 4 is 39.8 Å². The summed E-state index contributed by atoms with van der Waals surface area (Å²) < 4.78 is 22.9. The lowest BCUT2D eigenvalue weighted by Crippen LogP contribution is -2.36. The summed E-state index contributed by atoms with van der Waals surface area (Å²) in [6.07, 6.45) is 2.96. The van der Waals surface area contributed by atoms with Crippen LogP contribution in [0.25, 0.3) is 22.0 Å². The normalized spacial score (nSPS) is 19.1. The van der Waals surface area contributed by atoms with Crippen LogP contribution in [0.5, 0.6) is 0 Å². The van der Waals surface area contributed by atoms with Gasteiger partial charge in [0.1, 0.15) is 11.7 Å². The van der Waals surface area contributed by atoms with Crippen molar-refractivity contribution in [1.82, 2.24) is 19.3 Å². The van der Waals surface area contributed by atoms with E-state index in [0.717, 1.165) is 59.9 Å². The number of hydrogen-bond acceptors (Lipinski definition) is 4. The van der Waals surface area contributed by atoms with E-state index in [0.29, 0.717) is 28.5 Å². The van der Waals surface area contributed by atoms with Crippen LogP contribution in [0.3, 0.4) is 0 Å². The van der Waals surface area contributed by atoms with Gasteiger partial charge in [-0.1, -0.05) is 35.3 Å². The van der Waals surface area contributed by atoms with Crippen molar-refractivity contribution < 1.29 is 9.13 Å². The molecule has 1 unspecified atom stereocenters. The standard InChI is InChI=1S/C25H23Cl2FN5O/c1-15(24-22-10-17(28)12-32(22)14-29-24)33-13-20-21(26)11-19(23(27)25(20)30-33)16-2-4-18(5-3-16)31-6-8-34-9-7-31/h2-5,11,13-15,17H,1,6-10,12H2/t15?,17-/m1/s1. The average Bonchev–Trinajstić information content (AvgIpc) is 3.56. The van der Waals surface area contributed by atoms with E-state index in [1.807, 2.05) is 16.8 Å². The Balaban J connectivity index is 1.34. The molecule has 6 nitrogen and oxygen atoms in total. The van der Waals surface area contributed by atoms with Crippen LogP contribution in [-0.4, -0.2) is 51.8 Å². The molecule has 2 atom stereocenters. The van der Waals surface area contributed by atoms with Gasteiger partial charge in [0.2, 0.25) is 0 Å². The number of anilines is 1. The summed E-state index contributed by atoms with van der Waals surface area (Å²) in [5, 5.41) is 6.56. The summed E-state index contributed by atoms with van der Waals surface area (Å²) in [6, 6.07) is 9.75. The Morgan fingerprint density at radius 2 is 1.91 bits per heavy atom. The van der Waals surface area contributed by atoms with Gasteiger partial charge < -0.3 is 14.2 Å². The van der Waals surface area contributed by atoms with E-state index in [1.54, 1.807) is 11.0 Å². The second kappa shape index (κ2) is 8.56. The quantitative estimate of drug-likeness (QED) is 0.379. The third-order valence-corrected chi connectivity index (χ3v) is 7.38. The summed E-state index contributed by atoms with van der Waals surface area (Å²) in [6.45, 7) is 7.83. The molecule has 0 amide bonds. The van der Waals surface area contributed by atoms with Gasteiger partial charge in [-0.05, 0) is 30.7 Å². The third kappa shape index (κ3) is 3.67. The minimum atomic E-state index is -0.887. The predicted molar refractivity (Wildman–Crippen MR) is 133 cm³/mol. The number of rotatable bonds is 4. The Morgan fingerprint density at radius 3 is 2.68 bits per heavy atom. The Morgan fingerprint density at radius 1 is 1.15 bits per heavy atom. The number of benzene rings is 2. The van der Waals surface area contributed by atoms with Gasteiger partial charge >= 0.3 is 0 Å². The molecule has 0 spiro atoms. The fourth-order valence-electron chi connectivity index (χ4n) is 4.86. The molecule has 2 aliphatic rings. The van der Waals surface area contributed by atoms with E-state index in [2.05, 4.69) is 41.1 Å². The number of alkyl halides is 1. The maximum absolute atomic E-state index is 13.9. The summed E-state index contributed by atoms with van der Waals surface area (Å²) in [5.74, 6) is 0. The maximum Gasteiger partial charge on any atom is 0.123 e. The maximum atomic E-state index is 13.9. The van der Waals surface area contributed by atoms with Crippen molar-refractivity contribution in [3.63, 3.8) is 0 Å². The largest absolute Gasteiger partial charge is 0.378 e. The molecule has 2 aliphatic heterocycles. The lowest BCUT2D eigenvalue weighted by Gasteiger charge is -2.29. The molecule has 2 aromatic carbocycles. The molecule has 4 aromatic rings. The van der Waals surface area contributed by atoms with Crippen LogP contribution in [0, 0.1) is 6.92 Å². The van der Waals surface area contributed by atoms with Gasteiger partial charge in [0.15, 0.2) is 0 Å². The van der Waals surface area contributed by atoms with Gasteiger partial charge in [-0.3, -0.25) is 4.68 Å². The first kappa shape index (κ1) is 21.9. The zero-order chi connectivity index (χ0) is 23.4. The number of fused-ring (bicyclic) bond motifs is 2. The molecular weight excluding hydrogens is 476 g/mol. The number of nitrogens with zero attached hydrogens (tertiary/aromatic N) is 5. The molecule has 34 heavy (non-hydrogen) atoms. The highest BCUT2D eigenvalue weighted by Crippen LogP contribution is 2.39. The van der Waals surface area contributed by atoms with Gasteiger partial charge in [0, 0.05) is 48.0 Å². The highest BCUT2D eigenvalue weighted by molar-refractivity contribution is 6.42. The Bertz CT molecular complexity index is 1360. The van der Waals surface area contributed by atoms with Crippen LogP contribution in [0.15, 0.2) is 42.9 Å². The Labute approximate surface area is 206 Å².